The van der Waals surface area contributed by atoms with Gasteiger partial charge in [-0.1, -0.05) is 0 Å². The summed E-state index contributed by atoms with van der Waals surface area (Å²) in [6, 6.07) is 3.24. The summed E-state index contributed by atoms with van der Waals surface area (Å²) < 4.78 is 17.8. The van der Waals surface area contributed by atoms with Crippen LogP contribution in [0.2, 0.25) is 0 Å². The van der Waals surface area contributed by atoms with Crippen LogP contribution in [0.5, 0.6) is 0 Å². The number of esters is 1. The second-order valence-electron chi connectivity index (χ2n) is 6.69. The van der Waals surface area contributed by atoms with E-state index >= 15 is 0 Å². The molecular weight excluding hydrogens is 344 g/mol. The highest BCUT2D eigenvalue weighted by Gasteiger charge is 2.53. The average molecular weight is 366 g/mol. The van der Waals surface area contributed by atoms with Gasteiger partial charge in [0.1, 0.15) is 30.2 Å². The number of carbonyl (C=O) groups excluding carboxylic acids is 1. The molecule has 142 valence electrons. The number of ether oxygens (including phenoxy) is 3. The predicted octanol–water partition coefficient (Wildman–Crippen LogP) is -0.0778. The first kappa shape index (κ1) is 18.5. The van der Waals surface area contributed by atoms with Gasteiger partial charge >= 0.3 is 5.97 Å². The third kappa shape index (κ3) is 3.49. The van der Waals surface area contributed by atoms with Crippen LogP contribution >= 0.6 is 0 Å². The van der Waals surface area contributed by atoms with Crippen molar-refractivity contribution in [2.45, 2.75) is 51.0 Å². The molecule has 0 aromatic carbocycles. The van der Waals surface area contributed by atoms with Crippen molar-refractivity contribution in [3.8, 4) is 0 Å². The Kier molecular flexibility index (Phi) is 4.61. The lowest BCUT2D eigenvalue weighted by Gasteiger charge is -2.32. The second-order valence-corrected chi connectivity index (χ2v) is 6.69. The van der Waals surface area contributed by atoms with Crippen LogP contribution in [0.4, 0.5) is 5.82 Å². The van der Waals surface area contributed by atoms with Crippen molar-refractivity contribution in [2.75, 3.05) is 12.3 Å². The Hall–Kier alpha value is -2.27. The number of nitrogen functional groups attached to an aromatic ring is 1. The van der Waals surface area contributed by atoms with E-state index in [2.05, 4.69) is 10.1 Å². The van der Waals surface area contributed by atoms with E-state index in [1.54, 1.807) is 12.1 Å². The Labute approximate surface area is 149 Å². The summed E-state index contributed by atoms with van der Waals surface area (Å²) in [5, 5.41) is 25.4. The first-order valence-corrected chi connectivity index (χ1v) is 8.12. The molecule has 3 heterocycles. The maximum atomic E-state index is 11.3. The van der Waals surface area contributed by atoms with Crippen molar-refractivity contribution in [1.82, 2.24) is 14.6 Å². The molecule has 0 radical (unpaired) electrons. The summed E-state index contributed by atoms with van der Waals surface area (Å²) >= 11 is 0. The monoisotopic (exact) mass is 366 g/mol. The van der Waals surface area contributed by atoms with E-state index in [9.17, 15) is 15.0 Å². The van der Waals surface area contributed by atoms with Gasteiger partial charge in [-0.15, -0.1) is 0 Å². The van der Waals surface area contributed by atoms with Crippen LogP contribution in [0.25, 0.3) is 5.52 Å². The molecule has 0 bridgehead atoms. The fourth-order valence-electron chi connectivity index (χ4n) is 3.01. The maximum Gasteiger partial charge on any atom is 0.302 e. The van der Waals surface area contributed by atoms with Gasteiger partial charge in [0.25, 0.3) is 0 Å². The molecule has 10 nitrogen and oxygen atoms in total. The summed E-state index contributed by atoms with van der Waals surface area (Å²) in [5.74, 6) is -3.67. The molecule has 1 saturated heterocycles. The number of hydrogen-bond acceptors (Lipinski definition) is 9. The lowest BCUT2D eigenvalue weighted by atomic mass is 10.0. The number of hydrogen-bond donors (Lipinski definition) is 3. The molecule has 26 heavy (non-hydrogen) atoms. The van der Waals surface area contributed by atoms with E-state index in [1.807, 2.05) is 0 Å². The first-order valence-electron chi connectivity index (χ1n) is 8.12. The van der Waals surface area contributed by atoms with Crippen molar-refractivity contribution in [2.24, 2.45) is 0 Å². The standard InChI is InChI=1S/C16H22N4O6/c1-9(21)24-7-10-6-13(26-15(2,3)22)16(23,25-10)12-5-4-11-14(17)18-8-19-20(11)12/h4-5,8,10,13,22-23H,6-7H2,1-3H3,(H2,17,18,19)/t10-,13+,16?/m0/s1. The van der Waals surface area contributed by atoms with Gasteiger partial charge < -0.3 is 30.2 Å². The normalized spacial score (nSPS) is 26.3. The molecule has 0 aliphatic carbocycles. The number of anilines is 1. The minimum Gasteiger partial charge on any atom is -0.463 e. The van der Waals surface area contributed by atoms with Crippen LogP contribution in [0, 0.1) is 0 Å². The van der Waals surface area contributed by atoms with Crippen molar-refractivity contribution >= 4 is 17.3 Å². The van der Waals surface area contributed by atoms with E-state index in [-0.39, 0.29) is 24.5 Å². The summed E-state index contributed by atoms with van der Waals surface area (Å²) in [6.45, 7) is 4.13. The van der Waals surface area contributed by atoms with Crippen molar-refractivity contribution in [3.63, 3.8) is 0 Å². The van der Waals surface area contributed by atoms with Gasteiger partial charge in [0, 0.05) is 13.3 Å². The fourth-order valence-corrected chi connectivity index (χ4v) is 3.01. The van der Waals surface area contributed by atoms with Gasteiger partial charge in [0.15, 0.2) is 11.6 Å². The van der Waals surface area contributed by atoms with Crippen molar-refractivity contribution in [1.29, 1.82) is 0 Å². The molecule has 1 fully saturated rings. The lowest BCUT2D eigenvalue weighted by Crippen LogP contribution is -2.43. The van der Waals surface area contributed by atoms with Crippen LogP contribution in [-0.2, 0) is 24.8 Å². The highest BCUT2D eigenvalue weighted by atomic mass is 16.7. The summed E-state index contributed by atoms with van der Waals surface area (Å²) in [5.41, 5.74) is 6.59. The molecule has 3 rings (SSSR count). The Balaban J connectivity index is 1.98. The number of nitrogens with zero attached hydrogens (tertiary/aromatic N) is 3. The van der Waals surface area contributed by atoms with Crippen molar-refractivity contribution < 1.29 is 29.2 Å². The zero-order chi connectivity index (χ0) is 19.1. The largest absolute Gasteiger partial charge is 0.463 e. The smallest absolute Gasteiger partial charge is 0.302 e. The fraction of sp³-hybridized carbons (Fsp3) is 0.562. The molecule has 0 spiro atoms. The Morgan fingerprint density at radius 3 is 2.92 bits per heavy atom. The predicted molar refractivity (Wildman–Crippen MR) is 88.6 cm³/mol. The zero-order valence-corrected chi connectivity index (χ0v) is 14.7. The number of fused-ring (bicyclic) bond motifs is 1. The third-order valence-corrected chi connectivity index (χ3v) is 4.01. The quantitative estimate of drug-likeness (QED) is 0.489. The molecule has 1 unspecified atom stereocenters. The van der Waals surface area contributed by atoms with Gasteiger partial charge in [0.2, 0.25) is 5.79 Å². The third-order valence-electron chi connectivity index (χ3n) is 4.01. The second kappa shape index (κ2) is 6.47. The minimum atomic E-state index is -1.93. The molecular formula is C16H22N4O6. The van der Waals surface area contributed by atoms with Gasteiger partial charge in [0.05, 0.1) is 6.10 Å². The first-order chi connectivity index (χ1) is 12.1. The molecule has 4 N–H and O–H groups in total. The number of nitrogens with two attached hydrogens (primary N) is 1. The number of carbonyl (C=O) groups is 1. The molecule has 2 aromatic heterocycles. The summed E-state index contributed by atoms with van der Waals surface area (Å²) in [7, 11) is 0. The summed E-state index contributed by atoms with van der Waals surface area (Å²) in [6.07, 6.45) is -0.105. The molecule has 0 amide bonds. The minimum absolute atomic E-state index is 0.0518. The van der Waals surface area contributed by atoms with Crippen LogP contribution in [0.1, 0.15) is 32.9 Å². The molecule has 1 aliphatic rings. The zero-order valence-electron chi connectivity index (χ0n) is 14.7. The molecule has 2 aromatic rings. The SMILES string of the molecule is CC(=O)OC[C@@H]1C[C@@H](OC(C)(C)O)C(O)(c2ccc3c(N)ncnn23)O1. The highest BCUT2D eigenvalue weighted by Crippen LogP contribution is 2.41. The van der Waals surface area contributed by atoms with E-state index in [0.717, 1.165) is 0 Å². The molecule has 0 saturated carbocycles. The molecule has 1 aliphatic heterocycles. The van der Waals surface area contributed by atoms with E-state index in [1.165, 1.54) is 31.6 Å². The lowest BCUT2D eigenvalue weighted by molar-refractivity contribution is -0.298. The van der Waals surface area contributed by atoms with Crippen LogP contribution in [-0.4, -0.2) is 55.4 Å². The van der Waals surface area contributed by atoms with E-state index in [0.29, 0.717) is 5.52 Å². The van der Waals surface area contributed by atoms with Gasteiger partial charge in [-0.2, -0.15) is 5.10 Å². The number of rotatable bonds is 5. The van der Waals surface area contributed by atoms with Gasteiger partial charge in [-0.3, -0.25) is 4.79 Å². The van der Waals surface area contributed by atoms with Crippen LogP contribution in [0.3, 0.4) is 0 Å². The van der Waals surface area contributed by atoms with E-state index < -0.39 is 29.8 Å². The van der Waals surface area contributed by atoms with Crippen LogP contribution in [0.15, 0.2) is 18.5 Å². The van der Waals surface area contributed by atoms with Crippen LogP contribution < -0.4 is 5.73 Å². The molecule has 10 heteroatoms. The summed E-state index contributed by atoms with van der Waals surface area (Å²) in [4.78, 5) is 15.0. The molecule has 3 atom stereocenters. The Morgan fingerprint density at radius 2 is 2.27 bits per heavy atom. The Bertz CT molecular complexity index is 817. The average Bonchev–Trinajstić information content (AvgIpc) is 3.08. The van der Waals surface area contributed by atoms with E-state index in [4.69, 9.17) is 19.9 Å². The number of aromatic nitrogens is 3. The highest BCUT2D eigenvalue weighted by molar-refractivity contribution is 5.66. The van der Waals surface area contributed by atoms with Crippen molar-refractivity contribution in [3.05, 3.63) is 24.2 Å². The van der Waals surface area contributed by atoms with Gasteiger partial charge in [-0.05, 0) is 26.0 Å². The Morgan fingerprint density at radius 1 is 1.54 bits per heavy atom. The number of aliphatic hydroxyl groups is 2. The van der Waals surface area contributed by atoms with Gasteiger partial charge in [-0.25, -0.2) is 9.50 Å². The topological polar surface area (TPSA) is 141 Å². The maximum absolute atomic E-state index is 11.3.